The molecule has 11 aromatic rings. The van der Waals surface area contributed by atoms with E-state index in [4.69, 9.17) is 0 Å². The monoisotopic (exact) mass is 955 g/mol. The summed E-state index contributed by atoms with van der Waals surface area (Å²) in [6.45, 7) is 0. The van der Waals surface area contributed by atoms with Crippen molar-refractivity contribution in [2.75, 3.05) is 4.90 Å². The molecule has 14 rings (SSSR count). The van der Waals surface area contributed by atoms with Crippen LogP contribution in [0.1, 0.15) is 46.2 Å². The molecule has 0 amide bonds. The van der Waals surface area contributed by atoms with E-state index < -0.39 is 10.8 Å². The third kappa shape index (κ3) is 7.07. The molecular weight excluding hydrogens is 903 g/mol. The van der Waals surface area contributed by atoms with E-state index in [-0.39, 0.29) is 0 Å². The second-order valence-corrected chi connectivity index (χ2v) is 20.2. The molecule has 0 aliphatic heterocycles. The van der Waals surface area contributed by atoms with Crippen molar-refractivity contribution in [1.29, 1.82) is 0 Å². The van der Waals surface area contributed by atoms with E-state index in [1.165, 1.54) is 100 Å². The van der Waals surface area contributed by atoms with Crippen LogP contribution in [0.5, 0.6) is 0 Å². The highest BCUT2D eigenvalue weighted by Gasteiger charge is 2.57. The Balaban J connectivity index is 0.956. The first-order valence-corrected chi connectivity index (χ1v) is 26.4. The van der Waals surface area contributed by atoms with Gasteiger partial charge in [-0.3, -0.25) is 0 Å². The van der Waals surface area contributed by atoms with E-state index in [9.17, 15) is 0 Å². The number of nitrogens with zero attached hydrogens (tertiary/aromatic N) is 1. The first-order chi connectivity index (χ1) is 37.2. The summed E-state index contributed by atoms with van der Waals surface area (Å²) in [6.07, 6.45) is 6.89. The number of allylic oxidation sites excluding steroid dienone is 4. The predicted octanol–water partition coefficient (Wildman–Crippen LogP) is 19.1. The van der Waals surface area contributed by atoms with Gasteiger partial charge in [-0.15, -0.1) is 0 Å². The smallest absolute Gasteiger partial charge is 0.0717 e. The molecule has 354 valence electrons. The number of hydrogen-bond donors (Lipinski definition) is 0. The standard InChI is InChI=1S/C74H53N/c1-6-23-52(24-7-1)55-41-45-61(46-42-55)75(63-50-57(53-25-8-2-9-26-53)49-58(51-63)54-27-10-3-11-28-54)62-47-43-56(44-48-62)64-34-22-40-71-72(64)65-33-16-17-35-66(65)74(71)69-38-20-18-36-67(69)73(59-29-12-4-13-30-59,60-31-14-5-15-32-60)68-37-19-21-39-70(68)74/h1-18,20-36,38-51H,19,37H2. The van der Waals surface area contributed by atoms with E-state index in [1.54, 1.807) is 0 Å². The molecule has 1 spiro atoms. The van der Waals surface area contributed by atoms with Crippen molar-refractivity contribution in [3.63, 3.8) is 0 Å². The van der Waals surface area contributed by atoms with Crippen LogP contribution in [0.3, 0.4) is 0 Å². The predicted molar refractivity (Wildman–Crippen MR) is 313 cm³/mol. The van der Waals surface area contributed by atoms with Gasteiger partial charge in [-0.05, 0) is 155 Å². The number of rotatable bonds is 9. The van der Waals surface area contributed by atoms with Crippen molar-refractivity contribution in [3.05, 3.63) is 342 Å². The Labute approximate surface area is 440 Å². The maximum Gasteiger partial charge on any atom is 0.0717 e. The first-order valence-electron chi connectivity index (χ1n) is 26.4. The fourth-order valence-electron chi connectivity index (χ4n) is 13.2. The Bertz CT molecular complexity index is 3850. The highest BCUT2D eigenvalue weighted by atomic mass is 15.1. The van der Waals surface area contributed by atoms with E-state index in [1.807, 2.05) is 0 Å². The molecule has 0 heterocycles. The van der Waals surface area contributed by atoms with Crippen molar-refractivity contribution in [2.45, 2.75) is 23.7 Å². The molecule has 0 saturated heterocycles. The topological polar surface area (TPSA) is 3.24 Å². The van der Waals surface area contributed by atoms with Gasteiger partial charge in [-0.1, -0.05) is 255 Å². The zero-order chi connectivity index (χ0) is 49.8. The van der Waals surface area contributed by atoms with Crippen LogP contribution in [0.4, 0.5) is 17.1 Å². The number of fused-ring (bicyclic) bond motifs is 8. The second-order valence-electron chi connectivity index (χ2n) is 20.2. The summed E-state index contributed by atoms with van der Waals surface area (Å²) >= 11 is 0. The summed E-state index contributed by atoms with van der Waals surface area (Å²) in [5, 5.41) is 0. The van der Waals surface area contributed by atoms with Crippen molar-refractivity contribution in [1.82, 2.24) is 0 Å². The number of anilines is 3. The Morgan fingerprint density at radius 1 is 0.293 bits per heavy atom. The van der Waals surface area contributed by atoms with Crippen LogP contribution >= 0.6 is 0 Å². The van der Waals surface area contributed by atoms with E-state index in [0.29, 0.717) is 0 Å². The van der Waals surface area contributed by atoms with Gasteiger partial charge in [0.1, 0.15) is 0 Å². The Hall–Kier alpha value is -9.30. The molecule has 0 radical (unpaired) electrons. The van der Waals surface area contributed by atoms with Crippen LogP contribution in [0.15, 0.2) is 308 Å². The van der Waals surface area contributed by atoms with E-state index in [2.05, 4.69) is 302 Å². The minimum absolute atomic E-state index is 0.466. The van der Waals surface area contributed by atoms with Crippen molar-refractivity contribution in [2.24, 2.45) is 0 Å². The number of benzene rings is 11. The summed E-state index contributed by atoms with van der Waals surface area (Å²) in [5.41, 5.74) is 25.3. The minimum Gasteiger partial charge on any atom is -0.310 e. The van der Waals surface area contributed by atoms with Crippen molar-refractivity contribution in [3.8, 4) is 55.6 Å². The molecule has 3 aliphatic carbocycles. The minimum atomic E-state index is -0.527. The van der Waals surface area contributed by atoms with Gasteiger partial charge >= 0.3 is 0 Å². The van der Waals surface area contributed by atoms with Crippen LogP contribution in [-0.2, 0) is 10.8 Å². The lowest BCUT2D eigenvalue weighted by molar-refractivity contribution is 0.581. The lowest BCUT2D eigenvalue weighted by Gasteiger charge is -2.51. The van der Waals surface area contributed by atoms with Crippen molar-refractivity contribution >= 4 is 17.1 Å². The quantitative estimate of drug-likeness (QED) is 0.139. The maximum atomic E-state index is 2.50. The Morgan fingerprint density at radius 3 is 1.28 bits per heavy atom. The van der Waals surface area contributed by atoms with Crippen LogP contribution in [0, 0.1) is 0 Å². The molecule has 0 N–H and O–H groups in total. The molecular formula is C74H53N. The maximum absolute atomic E-state index is 2.50. The fraction of sp³-hybridized carbons (Fsp3) is 0.0541. The third-order valence-electron chi connectivity index (χ3n) is 16.3. The Morgan fingerprint density at radius 2 is 0.720 bits per heavy atom. The second kappa shape index (κ2) is 18.3. The van der Waals surface area contributed by atoms with Gasteiger partial charge in [-0.2, -0.15) is 0 Å². The van der Waals surface area contributed by atoms with Gasteiger partial charge in [0.15, 0.2) is 0 Å². The summed E-state index contributed by atoms with van der Waals surface area (Å²) in [5.74, 6) is 0. The van der Waals surface area contributed by atoms with Gasteiger partial charge in [-0.25, -0.2) is 0 Å². The van der Waals surface area contributed by atoms with Gasteiger partial charge in [0.2, 0.25) is 0 Å². The number of hydrogen-bond acceptors (Lipinski definition) is 1. The third-order valence-corrected chi connectivity index (χ3v) is 16.3. The van der Waals surface area contributed by atoms with Crippen LogP contribution in [-0.4, -0.2) is 0 Å². The summed E-state index contributed by atoms with van der Waals surface area (Å²) in [6, 6.07) is 106. The molecule has 3 aliphatic rings. The lowest BCUT2D eigenvalue weighted by Crippen LogP contribution is -2.45. The molecule has 1 atom stereocenters. The van der Waals surface area contributed by atoms with E-state index >= 15 is 0 Å². The molecule has 0 saturated carbocycles. The molecule has 1 unspecified atom stereocenters. The van der Waals surface area contributed by atoms with Gasteiger partial charge in [0, 0.05) is 17.1 Å². The summed E-state index contributed by atoms with van der Waals surface area (Å²) in [7, 11) is 0. The highest BCUT2D eigenvalue weighted by Crippen LogP contribution is 2.66. The van der Waals surface area contributed by atoms with Crippen LogP contribution < -0.4 is 4.90 Å². The molecule has 11 aromatic carbocycles. The summed E-state index contributed by atoms with van der Waals surface area (Å²) in [4.78, 5) is 2.42. The van der Waals surface area contributed by atoms with Gasteiger partial charge < -0.3 is 4.90 Å². The highest BCUT2D eigenvalue weighted by molar-refractivity contribution is 5.98. The van der Waals surface area contributed by atoms with Crippen LogP contribution in [0.25, 0.3) is 55.6 Å². The molecule has 1 nitrogen and oxygen atoms in total. The first kappa shape index (κ1) is 44.4. The lowest BCUT2D eigenvalue weighted by atomic mass is 9.50. The zero-order valence-corrected chi connectivity index (χ0v) is 41.7. The van der Waals surface area contributed by atoms with Crippen LogP contribution in [0.2, 0.25) is 0 Å². The van der Waals surface area contributed by atoms with Crippen molar-refractivity contribution < 1.29 is 0 Å². The molecule has 0 fully saturated rings. The molecule has 1 heteroatoms. The van der Waals surface area contributed by atoms with Gasteiger partial charge in [0.25, 0.3) is 0 Å². The average molecular weight is 956 g/mol. The Kier molecular flexibility index (Phi) is 10.8. The van der Waals surface area contributed by atoms with E-state index in [0.717, 1.165) is 29.9 Å². The van der Waals surface area contributed by atoms with Gasteiger partial charge in [0.05, 0.1) is 10.8 Å². The SMILES string of the molecule is C1=CC2=C(CC1)C(c1ccccc1)(c1ccccc1)c1ccccc1C21c2ccccc2-c2c(-c3ccc(N(c4ccc(-c5ccccc5)cc4)c4cc(-c5ccccc5)cc(-c5ccccc5)c4)cc3)cccc21. The molecule has 0 aromatic heterocycles. The fourth-order valence-corrected chi connectivity index (χ4v) is 13.2. The zero-order valence-electron chi connectivity index (χ0n) is 41.7. The largest absolute Gasteiger partial charge is 0.310 e. The molecule has 0 bridgehead atoms. The molecule has 75 heavy (non-hydrogen) atoms. The normalized spacial score (nSPS) is 15.7. The summed E-state index contributed by atoms with van der Waals surface area (Å²) < 4.78 is 0. The average Bonchev–Trinajstić information content (AvgIpc) is 3.95.